The van der Waals surface area contributed by atoms with Gasteiger partial charge in [0.15, 0.2) is 0 Å². The number of rotatable bonds is 7. The van der Waals surface area contributed by atoms with E-state index < -0.39 is 17.7 Å². The summed E-state index contributed by atoms with van der Waals surface area (Å²) in [5, 5.41) is 0.536. The van der Waals surface area contributed by atoms with Crippen LogP contribution >= 0.6 is 11.6 Å². The number of aromatic nitrogens is 1. The lowest BCUT2D eigenvalue weighted by Gasteiger charge is -2.15. The van der Waals surface area contributed by atoms with Gasteiger partial charge in [-0.2, -0.15) is 13.2 Å². The van der Waals surface area contributed by atoms with Crippen LogP contribution in [-0.2, 0) is 17.5 Å². The van der Waals surface area contributed by atoms with Crippen molar-refractivity contribution in [2.45, 2.75) is 39.0 Å². The van der Waals surface area contributed by atoms with Crippen molar-refractivity contribution in [1.82, 2.24) is 4.98 Å². The fourth-order valence-electron chi connectivity index (χ4n) is 4.06. The maximum Gasteiger partial charge on any atom is 0.416 e. The zero-order chi connectivity index (χ0) is 25.0. The van der Waals surface area contributed by atoms with Crippen LogP contribution in [0.4, 0.5) is 13.2 Å². The molecule has 0 aliphatic heterocycles. The summed E-state index contributed by atoms with van der Waals surface area (Å²) in [7, 11) is 0. The molecule has 2 aromatic carbocycles. The van der Waals surface area contributed by atoms with E-state index >= 15 is 0 Å². The van der Waals surface area contributed by atoms with E-state index in [1.165, 1.54) is 12.1 Å². The molecule has 0 N–H and O–H groups in total. The van der Waals surface area contributed by atoms with Crippen LogP contribution in [0, 0.1) is 0 Å². The smallest absolute Gasteiger partial charge is 0.416 e. The molecule has 0 saturated heterocycles. The van der Waals surface area contributed by atoms with E-state index in [2.05, 4.69) is 4.98 Å². The Bertz CT molecular complexity index is 1250. The van der Waals surface area contributed by atoms with Gasteiger partial charge in [-0.05, 0) is 85.4 Å². The molecule has 0 fully saturated rings. The highest BCUT2D eigenvalue weighted by Gasteiger charge is 2.30. The highest BCUT2D eigenvalue weighted by Crippen LogP contribution is 2.43. The minimum Gasteiger partial charge on any atom is -0.488 e. The third kappa shape index (κ3) is 5.85. The molecule has 1 aliphatic rings. The van der Waals surface area contributed by atoms with E-state index in [-0.39, 0.29) is 18.9 Å². The van der Waals surface area contributed by atoms with Crippen LogP contribution in [-0.4, -0.2) is 17.6 Å². The molecule has 4 rings (SSSR count). The summed E-state index contributed by atoms with van der Waals surface area (Å²) in [4.78, 5) is 16.7. The van der Waals surface area contributed by atoms with E-state index in [1.807, 2.05) is 12.1 Å². The molecule has 0 unspecified atom stereocenters. The van der Waals surface area contributed by atoms with Gasteiger partial charge in [-0.1, -0.05) is 29.8 Å². The van der Waals surface area contributed by atoms with Gasteiger partial charge >= 0.3 is 12.1 Å². The van der Waals surface area contributed by atoms with Crippen molar-refractivity contribution in [1.29, 1.82) is 0 Å². The SMILES string of the molecule is CCOC(=O)c1cccc(C2=C(c3cc(Cl)ccc3OCc3ccc(C(F)(F)F)cc3)CCC2)n1. The predicted molar refractivity (Wildman–Crippen MR) is 128 cm³/mol. The Labute approximate surface area is 206 Å². The van der Waals surface area contributed by atoms with Gasteiger partial charge < -0.3 is 9.47 Å². The fraction of sp³-hybridized carbons (Fsp3) is 0.259. The summed E-state index contributed by atoms with van der Waals surface area (Å²) in [5.74, 6) is 0.100. The van der Waals surface area contributed by atoms with Gasteiger partial charge in [-0.15, -0.1) is 0 Å². The van der Waals surface area contributed by atoms with Gasteiger partial charge in [-0.25, -0.2) is 9.78 Å². The highest BCUT2D eigenvalue weighted by atomic mass is 35.5. The third-order valence-electron chi connectivity index (χ3n) is 5.70. The average molecular weight is 502 g/mol. The van der Waals surface area contributed by atoms with E-state index in [1.54, 1.807) is 31.2 Å². The zero-order valence-electron chi connectivity index (χ0n) is 19.0. The lowest BCUT2D eigenvalue weighted by Crippen LogP contribution is -2.08. The minimum atomic E-state index is -4.38. The van der Waals surface area contributed by atoms with Crippen molar-refractivity contribution in [2.24, 2.45) is 0 Å². The van der Waals surface area contributed by atoms with Crippen LogP contribution < -0.4 is 4.74 Å². The molecule has 1 heterocycles. The topological polar surface area (TPSA) is 48.4 Å². The number of carbonyl (C=O) groups is 1. The first-order valence-electron chi connectivity index (χ1n) is 11.2. The lowest BCUT2D eigenvalue weighted by atomic mass is 9.99. The summed E-state index contributed by atoms with van der Waals surface area (Å²) in [6, 6.07) is 15.4. The van der Waals surface area contributed by atoms with Crippen LogP contribution in [0.25, 0.3) is 11.1 Å². The Balaban J connectivity index is 1.63. The summed E-state index contributed by atoms with van der Waals surface area (Å²) >= 11 is 6.31. The molecule has 0 spiro atoms. The first kappa shape index (κ1) is 24.8. The quantitative estimate of drug-likeness (QED) is 0.313. The molecule has 0 saturated carbocycles. The van der Waals surface area contributed by atoms with Crippen molar-refractivity contribution < 1.29 is 27.4 Å². The first-order valence-corrected chi connectivity index (χ1v) is 11.6. The molecule has 8 heteroatoms. The summed E-state index contributed by atoms with van der Waals surface area (Å²) < 4.78 is 49.6. The number of ether oxygens (including phenoxy) is 2. The zero-order valence-corrected chi connectivity index (χ0v) is 19.7. The van der Waals surface area contributed by atoms with Gasteiger partial charge in [0.25, 0.3) is 0 Å². The molecular weight excluding hydrogens is 479 g/mol. The van der Waals surface area contributed by atoms with Crippen molar-refractivity contribution in [3.8, 4) is 5.75 Å². The molecule has 4 nitrogen and oxygen atoms in total. The Morgan fingerprint density at radius 2 is 1.77 bits per heavy atom. The monoisotopic (exact) mass is 501 g/mol. The Hall–Kier alpha value is -3.32. The van der Waals surface area contributed by atoms with Crippen molar-refractivity contribution in [3.05, 3.63) is 93.8 Å². The number of pyridine rings is 1. The standard InChI is InChI=1S/C27H23ClF3NO3/c1-2-34-26(33)24-8-4-7-23(32-24)21-6-3-5-20(21)22-15-19(28)13-14-25(22)35-16-17-9-11-18(12-10-17)27(29,30)31/h4,7-15H,2-3,5-6,16H2,1H3. The largest absolute Gasteiger partial charge is 0.488 e. The summed E-state index contributed by atoms with van der Waals surface area (Å²) in [5.41, 5.74) is 3.67. The summed E-state index contributed by atoms with van der Waals surface area (Å²) in [6.07, 6.45) is -1.93. The van der Waals surface area contributed by atoms with Crippen LogP contribution in [0.1, 0.15) is 59.1 Å². The van der Waals surface area contributed by atoms with Gasteiger partial charge in [0.1, 0.15) is 18.1 Å². The molecule has 1 aromatic heterocycles. The number of allylic oxidation sites excluding steroid dienone is 2. The van der Waals surface area contributed by atoms with E-state index in [4.69, 9.17) is 21.1 Å². The Kier molecular flexibility index (Phi) is 7.45. The van der Waals surface area contributed by atoms with Crippen LogP contribution in [0.3, 0.4) is 0 Å². The Morgan fingerprint density at radius 3 is 2.49 bits per heavy atom. The van der Waals surface area contributed by atoms with Crippen LogP contribution in [0.15, 0.2) is 60.7 Å². The second-order valence-corrected chi connectivity index (χ2v) is 8.50. The molecule has 0 amide bonds. The second-order valence-electron chi connectivity index (χ2n) is 8.06. The van der Waals surface area contributed by atoms with Crippen molar-refractivity contribution in [3.63, 3.8) is 0 Å². The van der Waals surface area contributed by atoms with Crippen molar-refractivity contribution in [2.75, 3.05) is 6.61 Å². The third-order valence-corrected chi connectivity index (χ3v) is 5.94. The van der Waals surface area contributed by atoms with E-state index in [0.717, 1.165) is 48.1 Å². The number of carbonyl (C=O) groups excluding carboxylic acids is 1. The molecule has 35 heavy (non-hydrogen) atoms. The maximum atomic E-state index is 12.8. The van der Waals surface area contributed by atoms with Crippen molar-refractivity contribution >= 4 is 28.7 Å². The highest BCUT2D eigenvalue weighted by molar-refractivity contribution is 6.30. The Morgan fingerprint density at radius 1 is 1.03 bits per heavy atom. The number of benzene rings is 2. The molecular formula is C27H23ClF3NO3. The number of hydrogen-bond donors (Lipinski definition) is 0. The normalized spacial score (nSPS) is 13.7. The number of alkyl halides is 3. The molecule has 182 valence electrons. The predicted octanol–water partition coefficient (Wildman–Crippen LogP) is 7.60. The number of hydrogen-bond acceptors (Lipinski definition) is 4. The second kappa shape index (κ2) is 10.5. The minimum absolute atomic E-state index is 0.103. The molecule has 0 radical (unpaired) electrons. The molecule has 0 atom stereocenters. The van der Waals surface area contributed by atoms with Crippen LogP contribution in [0.2, 0.25) is 5.02 Å². The van der Waals surface area contributed by atoms with Gasteiger partial charge in [0.2, 0.25) is 0 Å². The first-order chi connectivity index (χ1) is 16.8. The number of esters is 1. The molecule has 0 bridgehead atoms. The number of halogens is 4. The number of nitrogens with zero attached hydrogens (tertiary/aromatic N) is 1. The van der Waals surface area contributed by atoms with E-state index in [0.29, 0.717) is 22.0 Å². The van der Waals surface area contributed by atoms with Gasteiger partial charge in [0.05, 0.1) is 17.9 Å². The summed E-state index contributed by atoms with van der Waals surface area (Å²) in [6.45, 7) is 2.11. The van der Waals surface area contributed by atoms with E-state index in [9.17, 15) is 18.0 Å². The molecule has 1 aliphatic carbocycles. The molecule has 3 aromatic rings. The van der Waals surface area contributed by atoms with Gasteiger partial charge in [-0.3, -0.25) is 0 Å². The maximum absolute atomic E-state index is 12.8. The fourth-order valence-corrected chi connectivity index (χ4v) is 4.23. The lowest BCUT2D eigenvalue weighted by molar-refractivity contribution is -0.137. The average Bonchev–Trinajstić information content (AvgIpc) is 3.33. The van der Waals surface area contributed by atoms with Gasteiger partial charge in [0, 0.05) is 10.6 Å². The van der Waals surface area contributed by atoms with Crippen LogP contribution in [0.5, 0.6) is 5.75 Å².